The Kier molecular flexibility index (Phi) is 7.30. The quantitative estimate of drug-likeness (QED) is 0.420. The van der Waals surface area contributed by atoms with Crippen molar-refractivity contribution in [3.05, 3.63) is 73.1 Å². The fourth-order valence-electron chi connectivity index (χ4n) is 3.20. The molecule has 28 heavy (non-hydrogen) atoms. The highest BCUT2D eigenvalue weighted by Gasteiger charge is 2.12. The van der Waals surface area contributed by atoms with Crippen molar-refractivity contribution < 1.29 is 4.79 Å². The SMILES string of the molecule is CC(=O)CCCCCCN(c1ccccn1)c1ccc(-c2ccccc2)cn1. The molecule has 0 saturated heterocycles. The van der Waals surface area contributed by atoms with Gasteiger partial charge in [-0.3, -0.25) is 0 Å². The number of Topliss-reactive ketones (excluding diaryl/α,β-unsaturated/α-hetero) is 1. The van der Waals surface area contributed by atoms with E-state index in [1.807, 2.05) is 48.8 Å². The molecule has 3 rings (SSSR count). The lowest BCUT2D eigenvalue weighted by Crippen LogP contribution is -2.20. The molecular weight excluding hydrogens is 346 g/mol. The smallest absolute Gasteiger partial charge is 0.134 e. The third-order valence-corrected chi connectivity index (χ3v) is 4.72. The summed E-state index contributed by atoms with van der Waals surface area (Å²) in [7, 11) is 0. The molecular formula is C24H27N3O. The average molecular weight is 374 g/mol. The lowest BCUT2D eigenvalue weighted by atomic mass is 10.1. The first-order valence-electron chi connectivity index (χ1n) is 9.93. The summed E-state index contributed by atoms with van der Waals surface area (Å²) in [6, 6.07) is 20.4. The molecule has 0 atom stereocenters. The minimum atomic E-state index is 0.276. The number of pyridine rings is 2. The minimum absolute atomic E-state index is 0.276. The summed E-state index contributed by atoms with van der Waals surface area (Å²) in [6.45, 7) is 2.52. The number of hydrogen-bond acceptors (Lipinski definition) is 4. The van der Waals surface area contributed by atoms with Crippen molar-refractivity contribution in [2.24, 2.45) is 0 Å². The van der Waals surface area contributed by atoms with Gasteiger partial charge in [-0.1, -0.05) is 49.2 Å². The molecule has 4 nitrogen and oxygen atoms in total. The van der Waals surface area contributed by atoms with Crippen LogP contribution in [0.5, 0.6) is 0 Å². The monoisotopic (exact) mass is 373 g/mol. The van der Waals surface area contributed by atoms with E-state index in [0.717, 1.165) is 55.0 Å². The van der Waals surface area contributed by atoms with E-state index in [0.29, 0.717) is 6.42 Å². The van der Waals surface area contributed by atoms with Gasteiger partial charge in [-0.2, -0.15) is 0 Å². The molecule has 2 aromatic heterocycles. The summed E-state index contributed by atoms with van der Waals surface area (Å²) in [5.74, 6) is 2.09. The topological polar surface area (TPSA) is 46.1 Å². The Balaban J connectivity index is 1.68. The first-order chi connectivity index (χ1) is 13.7. The van der Waals surface area contributed by atoms with E-state index in [1.165, 1.54) is 0 Å². The zero-order chi connectivity index (χ0) is 19.6. The molecule has 0 N–H and O–H groups in total. The van der Waals surface area contributed by atoms with Gasteiger partial charge in [-0.25, -0.2) is 9.97 Å². The molecule has 0 unspecified atom stereocenters. The van der Waals surface area contributed by atoms with Crippen molar-refractivity contribution in [1.29, 1.82) is 0 Å². The van der Waals surface area contributed by atoms with Crippen LogP contribution in [0.2, 0.25) is 0 Å². The van der Waals surface area contributed by atoms with Crippen LogP contribution in [0.3, 0.4) is 0 Å². The fourth-order valence-corrected chi connectivity index (χ4v) is 3.20. The van der Waals surface area contributed by atoms with Crippen molar-refractivity contribution >= 4 is 17.4 Å². The molecule has 0 saturated carbocycles. The third-order valence-electron chi connectivity index (χ3n) is 4.72. The summed E-state index contributed by atoms with van der Waals surface area (Å²) < 4.78 is 0. The van der Waals surface area contributed by atoms with Gasteiger partial charge in [0.25, 0.3) is 0 Å². The second-order valence-electron chi connectivity index (χ2n) is 6.98. The van der Waals surface area contributed by atoms with Crippen LogP contribution in [-0.4, -0.2) is 22.3 Å². The molecule has 0 radical (unpaired) electrons. The van der Waals surface area contributed by atoms with Crippen LogP contribution >= 0.6 is 0 Å². The standard InChI is InChI=1S/C24H27N3O/c1-20(28)11-5-2-3-10-18-27(23-14-8-9-17-25-23)24-16-15-22(19-26-24)21-12-6-4-7-13-21/h4,6-9,12-17,19H,2-3,5,10-11,18H2,1H3. The molecule has 0 amide bonds. The molecule has 3 aromatic rings. The zero-order valence-electron chi connectivity index (χ0n) is 16.4. The van der Waals surface area contributed by atoms with Gasteiger partial charge >= 0.3 is 0 Å². The second-order valence-corrected chi connectivity index (χ2v) is 6.98. The maximum absolute atomic E-state index is 11.1. The van der Waals surface area contributed by atoms with E-state index in [1.54, 1.807) is 6.92 Å². The van der Waals surface area contributed by atoms with Crippen LogP contribution in [-0.2, 0) is 4.79 Å². The Morgan fingerprint density at radius 3 is 2.21 bits per heavy atom. The van der Waals surface area contributed by atoms with Crippen molar-refractivity contribution in [2.45, 2.75) is 39.0 Å². The number of aromatic nitrogens is 2. The molecule has 0 aliphatic rings. The minimum Gasteiger partial charge on any atom is -0.311 e. The van der Waals surface area contributed by atoms with E-state index in [9.17, 15) is 4.79 Å². The van der Waals surface area contributed by atoms with Gasteiger partial charge in [0.15, 0.2) is 0 Å². The highest BCUT2D eigenvalue weighted by molar-refractivity contribution is 5.75. The van der Waals surface area contributed by atoms with Gasteiger partial charge in [-0.05, 0) is 49.6 Å². The Bertz CT molecular complexity index is 848. The van der Waals surface area contributed by atoms with E-state index >= 15 is 0 Å². The van der Waals surface area contributed by atoms with Crippen molar-refractivity contribution in [3.63, 3.8) is 0 Å². The maximum atomic E-state index is 11.1. The first-order valence-corrected chi connectivity index (χ1v) is 9.93. The summed E-state index contributed by atoms with van der Waals surface area (Å²) in [4.78, 5) is 22.5. The van der Waals surface area contributed by atoms with Gasteiger partial charge in [0.1, 0.15) is 17.4 Å². The molecule has 0 bridgehead atoms. The molecule has 2 heterocycles. The normalized spacial score (nSPS) is 10.6. The average Bonchev–Trinajstić information content (AvgIpc) is 2.74. The number of carbonyl (C=O) groups excluding carboxylic acids is 1. The summed E-state index contributed by atoms with van der Waals surface area (Å²) in [5, 5.41) is 0. The van der Waals surface area contributed by atoms with E-state index < -0.39 is 0 Å². The molecule has 0 aliphatic heterocycles. The molecule has 4 heteroatoms. The van der Waals surface area contributed by atoms with Gasteiger partial charge < -0.3 is 9.69 Å². The van der Waals surface area contributed by atoms with Crippen LogP contribution in [0, 0.1) is 0 Å². The molecule has 0 spiro atoms. The van der Waals surface area contributed by atoms with E-state index in [4.69, 9.17) is 4.98 Å². The number of ketones is 1. The highest BCUT2D eigenvalue weighted by Crippen LogP contribution is 2.25. The number of nitrogens with zero attached hydrogens (tertiary/aromatic N) is 3. The summed E-state index contributed by atoms with van der Waals surface area (Å²) in [6.07, 6.45) is 8.61. The first kappa shape index (κ1) is 19.7. The number of rotatable bonds is 10. The largest absolute Gasteiger partial charge is 0.311 e. The van der Waals surface area contributed by atoms with Crippen LogP contribution < -0.4 is 4.90 Å². The fraction of sp³-hybridized carbons (Fsp3) is 0.292. The Morgan fingerprint density at radius 1 is 0.786 bits per heavy atom. The van der Waals surface area contributed by atoms with E-state index in [-0.39, 0.29) is 5.78 Å². The van der Waals surface area contributed by atoms with Crippen LogP contribution in [0.1, 0.15) is 39.0 Å². The zero-order valence-corrected chi connectivity index (χ0v) is 16.4. The predicted molar refractivity (Wildman–Crippen MR) is 115 cm³/mol. The molecule has 144 valence electrons. The summed E-state index contributed by atoms with van der Waals surface area (Å²) >= 11 is 0. The molecule has 1 aromatic carbocycles. The second kappa shape index (κ2) is 10.4. The predicted octanol–water partition coefficient (Wildman–Crippen LogP) is 5.82. The van der Waals surface area contributed by atoms with E-state index in [2.05, 4.69) is 34.1 Å². The number of hydrogen-bond donors (Lipinski definition) is 0. The van der Waals surface area contributed by atoms with Crippen molar-refractivity contribution in [1.82, 2.24) is 9.97 Å². The Labute approximate surface area is 167 Å². The molecule has 0 aliphatic carbocycles. The Hall–Kier alpha value is -3.01. The summed E-state index contributed by atoms with van der Waals surface area (Å²) in [5.41, 5.74) is 2.27. The van der Waals surface area contributed by atoms with Crippen LogP contribution in [0.25, 0.3) is 11.1 Å². The number of unbranched alkanes of at least 4 members (excludes halogenated alkanes) is 3. The van der Waals surface area contributed by atoms with Gasteiger partial charge in [-0.15, -0.1) is 0 Å². The lowest BCUT2D eigenvalue weighted by Gasteiger charge is -2.23. The molecule has 0 fully saturated rings. The van der Waals surface area contributed by atoms with Crippen molar-refractivity contribution in [3.8, 4) is 11.1 Å². The van der Waals surface area contributed by atoms with Crippen molar-refractivity contribution in [2.75, 3.05) is 11.4 Å². The van der Waals surface area contributed by atoms with Crippen LogP contribution in [0.15, 0.2) is 73.1 Å². The number of anilines is 2. The van der Waals surface area contributed by atoms with Gasteiger partial charge in [0.2, 0.25) is 0 Å². The van der Waals surface area contributed by atoms with Gasteiger partial charge in [0.05, 0.1) is 0 Å². The highest BCUT2D eigenvalue weighted by atomic mass is 16.1. The Morgan fingerprint density at radius 2 is 1.54 bits per heavy atom. The maximum Gasteiger partial charge on any atom is 0.134 e. The van der Waals surface area contributed by atoms with Crippen LogP contribution in [0.4, 0.5) is 11.6 Å². The number of carbonyl (C=O) groups is 1. The lowest BCUT2D eigenvalue weighted by molar-refractivity contribution is -0.117. The number of benzene rings is 1. The van der Waals surface area contributed by atoms with Gasteiger partial charge in [0, 0.05) is 30.9 Å². The third kappa shape index (κ3) is 5.74.